The zero-order chi connectivity index (χ0) is 54.4. The van der Waals surface area contributed by atoms with Gasteiger partial charge in [-0.1, -0.05) is 20.8 Å². The smallest absolute Gasteiger partial charge is 0.303 e. The summed E-state index contributed by atoms with van der Waals surface area (Å²) in [4.78, 5) is 85.5. The van der Waals surface area contributed by atoms with Crippen LogP contribution < -0.4 is 16.4 Å². The van der Waals surface area contributed by atoms with Gasteiger partial charge in [-0.15, -0.1) is 0 Å². The minimum absolute atomic E-state index is 0.0606. The van der Waals surface area contributed by atoms with Crippen LogP contribution in [0.3, 0.4) is 0 Å². The van der Waals surface area contributed by atoms with Crippen molar-refractivity contribution in [3.8, 4) is 0 Å². The van der Waals surface area contributed by atoms with Gasteiger partial charge in [-0.2, -0.15) is 0 Å². The highest BCUT2D eigenvalue weighted by Crippen LogP contribution is 2.34. The van der Waals surface area contributed by atoms with Crippen molar-refractivity contribution in [3.05, 3.63) is 29.3 Å². The van der Waals surface area contributed by atoms with Crippen LogP contribution in [0.25, 0.3) is 0 Å². The summed E-state index contributed by atoms with van der Waals surface area (Å²) in [6, 6.07) is 3.61. The molecule has 0 bridgehead atoms. The van der Waals surface area contributed by atoms with Crippen LogP contribution in [0.1, 0.15) is 115 Å². The van der Waals surface area contributed by atoms with Crippen LogP contribution in [0.15, 0.2) is 18.2 Å². The number of carbonyl (C=O) groups excluding carboxylic acids is 7. The van der Waals surface area contributed by atoms with E-state index in [4.69, 9.17) is 62.6 Å². The van der Waals surface area contributed by atoms with E-state index in [1.807, 2.05) is 0 Å². The number of ketones is 2. The number of nitrogens with one attached hydrogen (secondary N) is 2. The molecule has 2 unspecified atom stereocenters. The monoisotopic (exact) mass is 1050 g/mol. The van der Waals surface area contributed by atoms with E-state index in [0.717, 1.165) is 6.42 Å². The first kappa shape index (κ1) is 63.6. The van der Waals surface area contributed by atoms with Gasteiger partial charge in [-0.3, -0.25) is 33.6 Å². The molecule has 0 radical (unpaired) electrons. The summed E-state index contributed by atoms with van der Waals surface area (Å²) < 4.78 is 68.2. The van der Waals surface area contributed by atoms with Crippen LogP contribution >= 0.6 is 0 Å². The van der Waals surface area contributed by atoms with Gasteiger partial charge in [-0.25, -0.2) is 0 Å². The van der Waals surface area contributed by atoms with Gasteiger partial charge in [0.2, 0.25) is 11.8 Å². The molecular formula is C52H83N3O19. The number of amides is 2. The van der Waals surface area contributed by atoms with Crippen molar-refractivity contribution in [3.63, 3.8) is 0 Å². The van der Waals surface area contributed by atoms with Gasteiger partial charge in [-0.05, 0) is 55.7 Å². The molecule has 22 heteroatoms. The first-order chi connectivity index (χ1) is 35.4. The van der Waals surface area contributed by atoms with Crippen molar-refractivity contribution in [2.45, 2.75) is 137 Å². The molecule has 1 aromatic carbocycles. The number of hydrogen-bond donors (Lipinski definition) is 3. The Balaban J connectivity index is 1.22. The number of hydrogen-bond acceptors (Lipinski definition) is 20. The number of carbonyl (C=O) groups is 7. The summed E-state index contributed by atoms with van der Waals surface area (Å²) in [6.07, 6.45) is -0.834. The Morgan fingerprint density at radius 1 is 0.568 bits per heavy atom. The Bertz CT molecular complexity index is 1890. The molecule has 2 fully saturated rings. The van der Waals surface area contributed by atoms with Crippen LogP contribution in [0.2, 0.25) is 0 Å². The van der Waals surface area contributed by atoms with Crippen molar-refractivity contribution < 1.29 is 90.4 Å². The fourth-order valence-electron chi connectivity index (χ4n) is 8.76. The molecule has 1 aliphatic heterocycles. The second-order valence-electron chi connectivity index (χ2n) is 18.4. The van der Waals surface area contributed by atoms with Crippen LogP contribution in [-0.2, 0) is 80.8 Å². The largest absolute Gasteiger partial charge is 0.465 e. The quantitative estimate of drug-likeness (QED) is 0.0282. The lowest BCUT2D eigenvalue weighted by molar-refractivity contribution is -0.239. The fourth-order valence-corrected chi connectivity index (χ4v) is 8.76. The van der Waals surface area contributed by atoms with Gasteiger partial charge in [0.1, 0.15) is 6.10 Å². The summed E-state index contributed by atoms with van der Waals surface area (Å²) in [5, 5.41) is 5.73. The minimum Gasteiger partial charge on any atom is -0.465 e. The highest BCUT2D eigenvalue weighted by molar-refractivity contribution is 6.02. The van der Waals surface area contributed by atoms with Crippen molar-refractivity contribution in [1.29, 1.82) is 0 Å². The molecule has 1 saturated heterocycles. The van der Waals surface area contributed by atoms with E-state index in [0.29, 0.717) is 102 Å². The lowest BCUT2D eigenvalue weighted by Gasteiger charge is -2.45. The predicted octanol–water partition coefficient (Wildman–Crippen LogP) is 3.56. The maximum Gasteiger partial charge on any atom is 0.303 e. The number of anilines is 1. The molecule has 2 amide bonds. The molecule has 1 heterocycles. The number of benzene rings is 1. The average molecular weight is 1050 g/mol. The van der Waals surface area contributed by atoms with Crippen LogP contribution in [0, 0.1) is 17.8 Å². The lowest BCUT2D eigenvalue weighted by atomic mass is 9.79. The normalized spacial score (nSPS) is 23.6. The topological polar surface area (TPSA) is 280 Å². The van der Waals surface area contributed by atoms with E-state index in [1.165, 1.54) is 34.6 Å². The number of nitrogens with two attached hydrogens (primary N) is 1. The van der Waals surface area contributed by atoms with Crippen LogP contribution in [0.5, 0.6) is 0 Å². The van der Waals surface area contributed by atoms with Crippen LogP contribution in [-0.4, -0.2) is 183 Å². The molecule has 1 aliphatic carbocycles. The Hall–Kier alpha value is -4.65. The van der Waals surface area contributed by atoms with E-state index in [2.05, 4.69) is 31.4 Å². The van der Waals surface area contributed by atoms with Gasteiger partial charge in [0.05, 0.1) is 110 Å². The molecule has 4 N–H and O–H groups in total. The Kier molecular flexibility index (Phi) is 30.6. The third kappa shape index (κ3) is 24.3. The predicted molar refractivity (Wildman–Crippen MR) is 267 cm³/mol. The molecule has 420 valence electrons. The standard InChI is InChI=1S/C52H83N3O19/c1-9-46-33(2)34(3)48(54-35(4)56)52(74-46)70-27-25-68-23-21-66-19-17-64-15-11-13-45(62)41-28-40(29-43(53)30-41)44(61)12-10-14-63-16-18-65-20-22-67-24-26-69-47-31-42(32-71-37(6)58)50(72-38(7)59)51(73-39(8)60)49(47)55-36(5)57/h28-30,33-34,42,46-52H,9-27,31-32,53H2,1-8H3,(H,54,56)(H,55,57)/t33-,34+,42-,46-,47?,48-,49+,50+,51-,52?/m1/s1. The van der Waals surface area contributed by atoms with E-state index in [1.54, 1.807) is 18.2 Å². The number of nitrogen functional groups attached to an aromatic ring is 1. The van der Waals surface area contributed by atoms with Crippen molar-refractivity contribution in [2.24, 2.45) is 17.8 Å². The molecule has 22 nitrogen and oxygen atoms in total. The van der Waals surface area contributed by atoms with E-state index in [9.17, 15) is 33.6 Å². The number of rotatable bonds is 37. The number of esters is 3. The molecule has 1 saturated carbocycles. The zero-order valence-corrected chi connectivity index (χ0v) is 44.7. The Morgan fingerprint density at radius 3 is 1.47 bits per heavy atom. The number of ether oxygens (including phenoxy) is 12. The third-order valence-electron chi connectivity index (χ3n) is 12.5. The molecule has 1 aromatic rings. The van der Waals surface area contributed by atoms with Crippen molar-refractivity contribution in [2.75, 3.05) is 105 Å². The van der Waals surface area contributed by atoms with Crippen molar-refractivity contribution >= 4 is 47.0 Å². The second kappa shape index (κ2) is 35.6. The maximum atomic E-state index is 13.0. The van der Waals surface area contributed by atoms with Crippen molar-refractivity contribution in [1.82, 2.24) is 10.6 Å². The molecule has 0 aromatic heterocycles. The second-order valence-corrected chi connectivity index (χ2v) is 18.4. The van der Waals surface area contributed by atoms with E-state index < -0.39 is 60.4 Å². The SMILES string of the molecule is CC[C@H]1OC(OCCOCCOCCOCCCC(=O)c2cc(N)cc(C(=O)CCCOCCOCCOCCOC3C[C@H](COC(C)=O)[C@H](OC(C)=O)[C@H](OC(C)=O)[C@H]3NC(C)=O)c2)[C@H](NC(C)=O)[C@@H](C)[C@H]1C. The third-order valence-corrected chi connectivity index (χ3v) is 12.5. The first-order valence-electron chi connectivity index (χ1n) is 25.8. The molecule has 10 atom stereocenters. The van der Waals surface area contributed by atoms with Crippen LogP contribution in [0.4, 0.5) is 5.69 Å². The Morgan fingerprint density at radius 2 is 1.01 bits per heavy atom. The average Bonchev–Trinajstić information content (AvgIpc) is 3.34. The summed E-state index contributed by atoms with van der Waals surface area (Å²) in [5.74, 6) is -2.76. The maximum absolute atomic E-state index is 13.0. The van der Waals surface area contributed by atoms with E-state index >= 15 is 0 Å². The lowest BCUT2D eigenvalue weighted by Crippen LogP contribution is -2.63. The van der Waals surface area contributed by atoms with Gasteiger partial charge in [0.15, 0.2) is 24.0 Å². The summed E-state index contributed by atoms with van der Waals surface area (Å²) in [7, 11) is 0. The van der Waals surface area contributed by atoms with Gasteiger partial charge < -0.3 is 73.2 Å². The van der Waals surface area contributed by atoms with Gasteiger partial charge >= 0.3 is 17.9 Å². The van der Waals surface area contributed by atoms with Gasteiger partial charge in [0, 0.05) is 83.4 Å². The Labute approximate surface area is 435 Å². The molecule has 74 heavy (non-hydrogen) atoms. The summed E-state index contributed by atoms with van der Waals surface area (Å²) >= 11 is 0. The fraction of sp³-hybridized carbons (Fsp3) is 0.750. The van der Waals surface area contributed by atoms with E-state index in [-0.39, 0.29) is 87.8 Å². The number of Topliss-reactive ketones (excluding diaryl/α,β-unsaturated/α-hetero) is 2. The zero-order valence-electron chi connectivity index (χ0n) is 44.7. The minimum atomic E-state index is -1.11. The summed E-state index contributed by atoms with van der Waals surface area (Å²) in [5.41, 5.74) is 7.13. The van der Waals surface area contributed by atoms with Gasteiger partial charge in [0.25, 0.3) is 0 Å². The molecule has 3 rings (SSSR count). The summed E-state index contributed by atoms with van der Waals surface area (Å²) in [6.45, 7) is 16.9. The highest BCUT2D eigenvalue weighted by Gasteiger charge is 2.50. The highest BCUT2D eigenvalue weighted by atomic mass is 16.7. The first-order valence-corrected chi connectivity index (χ1v) is 25.8. The molecule has 0 spiro atoms. The molecular weight excluding hydrogens is 971 g/mol. The molecule has 2 aliphatic rings.